The second-order valence-electron chi connectivity index (χ2n) is 7.07. The Labute approximate surface area is 159 Å². The fraction of sp³-hybridized carbons (Fsp3) is 0.550. The molecule has 7 heteroatoms. The Morgan fingerprint density at radius 1 is 1.30 bits per heavy atom. The average Bonchev–Trinajstić information content (AvgIpc) is 3.01. The quantitative estimate of drug-likeness (QED) is 0.424. The van der Waals surface area contributed by atoms with Gasteiger partial charge in [0.25, 0.3) is 0 Å². The molecule has 3 rings (SSSR count). The van der Waals surface area contributed by atoms with Gasteiger partial charge in [0.1, 0.15) is 0 Å². The number of aromatic nitrogens is 2. The molecule has 7 nitrogen and oxygen atoms in total. The van der Waals surface area contributed by atoms with Gasteiger partial charge >= 0.3 is 5.97 Å². The van der Waals surface area contributed by atoms with E-state index in [2.05, 4.69) is 0 Å². The SMILES string of the molecule is CCOC(=O)[C@H]1C(=O)N(CCCOC)c2nc3ccccc3n2[C@@H]1C(C)C. The highest BCUT2D eigenvalue weighted by atomic mass is 16.5. The first-order valence-electron chi connectivity index (χ1n) is 9.45. The molecule has 1 aromatic carbocycles. The van der Waals surface area contributed by atoms with Crippen LogP contribution in [0.3, 0.4) is 0 Å². The molecule has 0 N–H and O–H groups in total. The van der Waals surface area contributed by atoms with Crippen LogP contribution in [0.25, 0.3) is 11.0 Å². The summed E-state index contributed by atoms with van der Waals surface area (Å²) in [6.07, 6.45) is 0.660. The molecule has 0 fully saturated rings. The van der Waals surface area contributed by atoms with Crippen molar-refractivity contribution in [2.24, 2.45) is 11.8 Å². The third kappa shape index (κ3) is 3.43. The summed E-state index contributed by atoms with van der Waals surface area (Å²) in [5.41, 5.74) is 1.73. The lowest BCUT2D eigenvalue weighted by Crippen LogP contribution is -2.51. The number of anilines is 1. The Morgan fingerprint density at radius 3 is 2.70 bits per heavy atom. The van der Waals surface area contributed by atoms with Gasteiger partial charge in [0, 0.05) is 20.3 Å². The smallest absolute Gasteiger partial charge is 0.320 e. The maximum Gasteiger partial charge on any atom is 0.320 e. The van der Waals surface area contributed by atoms with Crippen LogP contribution >= 0.6 is 0 Å². The predicted molar refractivity (Wildman–Crippen MR) is 103 cm³/mol. The number of fused-ring (bicyclic) bond motifs is 3. The van der Waals surface area contributed by atoms with E-state index in [4.69, 9.17) is 14.5 Å². The highest BCUT2D eigenvalue weighted by molar-refractivity contribution is 6.08. The first kappa shape index (κ1) is 19.4. The van der Waals surface area contributed by atoms with Crippen LogP contribution in [-0.2, 0) is 19.1 Å². The van der Waals surface area contributed by atoms with Gasteiger partial charge in [-0.3, -0.25) is 14.5 Å². The number of nitrogens with zero attached hydrogens (tertiary/aromatic N) is 3. The summed E-state index contributed by atoms with van der Waals surface area (Å²) in [5, 5.41) is 0. The molecule has 2 aromatic rings. The fourth-order valence-electron chi connectivity index (χ4n) is 3.81. The molecular weight excluding hydrogens is 346 g/mol. The predicted octanol–water partition coefficient (Wildman–Crippen LogP) is 2.80. The van der Waals surface area contributed by atoms with Gasteiger partial charge in [-0.15, -0.1) is 0 Å². The number of carbonyl (C=O) groups excluding carboxylic acids is 2. The van der Waals surface area contributed by atoms with E-state index in [9.17, 15) is 9.59 Å². The minimum atomic E-state index is -0.877. The number of hydrogen-bond donors (Lipinski definition) is 0. The third-order valence-corrected chi connectivity index (χ3v) is 4.94. The van der Waals surface area contributed by atoms with Gasteiger partial charge in [-0.25, -0.2) is 4.98 Å². The van der Waals surface area contributed by atoms with Crippen molar-refractivity contribution in [1.29, 1.82) is 0 Å². The van der Waals surface area contributed by atoms with E-state index < -0.39 is 11.9 Å². The molecule has 2 atom stereocenters. The van der Waals surface area contributed by atoms with Crippen LogP contribution < -0.4 is 4.90 Å². The molecule has 1 aliphatic rings. The maximum atomic E-state index is 13.3. The van der Waals surface area contributed by atoms with Crippen LogP contribution in [0, 0.1) is 11.8 Å². The Kier molecular flexibility index (Phi) is 5.79. The number of carbonyl (C=O) groups is 2. The molecule has 27 heavy (non-hydrogen) atoms. The number of imidazole rings is 1. The minimum absolute atomic E-state index is 0.0563. The second kappa shape index (κ2) is 8.08. The summed E-state index contributed by atoms with van der Waals surface area (Å²) >= 11 is 0. The Bertz CT molecular complexity index is 830. The van der Waals surface area contributed by atoms with Gasteiger partial charge in [0.2, 0.25) is 11.9 Å². The lowest BCUT2D eigenvalue weighted by molar-refractivity contribution is -0.154. The first-order valence-corrected chi connectivity index (χ1v) is 9.45. The maximum absolute atomic E-state index is 13.3. The van der Waals surface area contributed by atoms with Crippen molar-refractivity contribution in [1.82, 2.24) is 9.55 Å². The topological polar surface area (TPSA) is 73.7 Å². The van der Waals surface area contributed by atoms with E-state index in [0.29, 0.717) is 25.5 Å². The zero-order valence-corrected chi connectivity index (χ0v) is 16.3. The zero-order chi connectivity index (χ0) is 19.6. The summed E-state index contributed by atoms with van der Waals surface area (Å²) in [4.78, 5) is 32.4. The van der Waals surface area contributed by atoms with Gasteiger partial charge in [-0.1, -0.05) is 26.0 Å². The van der Waals surface area contributed by atoms with Crippen molar-refractivity contribution >= 4 is 28.9 Å². The van der Waals surface area contributed by atoms with E-state index in [0.717, 1.165) is 11.0 Å². The summed E-state index contributed by atoms with van der Waals surface area (Å²) in [7, 11) is 1.63. The van der Waals surface area contributed by atoms with E-state index in [1.165, 1.54) is 0 Å². The highest BCUT2D eigenvalue weighted by Crippen LogP contribution is 2.41. The summed E-state index contributed by atoms with van der Waals surface area (Å²) in [6.45, 7) is 7.00. The molecule has 1 amide bonds. The molecular formula is C20H27N3O4. The zero-order valence-electron chi connectivity index (χ0n) is 16.3. The van der Waals surface area contributed by atoms with Gasteiger partial charge in [0.05, 0.1) is 23.7 Å². The standard InChI is InChI=1S/C20H27N3O4/c1-5-27-19(25)16-17(13(2)3)23-15-10-7-6-9-14(15)21-20(23)22(18(16)24)11-8-12-26-4/h6-7,9-10,13,16-17H,5,8,11-12H2,1-4H3/t16-,17-/m1/s1. The molecule has 2 heterocycles. The Balaban J connectivity index is 2.16. The third-order valence-electron chi connectivity index (χ3n) is 4.94. The van der Waals surface area contributed by atoms with Crippen LogP contribution in [0.2, 0.25) is 0 Å². The molecule has 0 radical (unpaired) electrons. The molecule has 0 unspecified atom stereocenters. The Morgan fingerprint density at radius 2 is 2.04 bits per heavy atom. The molecule has 0 saturated carbocycles. The lowest BCUT2D eigenvalue weighted by Gasteiger charge is -2.39. The first-order chi connectivity index (χ1) is 13.0. The summed E-state index contributed by atoms with van der Waals surface area (Å²) in [5.74, 6) is -0.942. The van der Waals surface area contributed by atoms with Crippen LogP contribution in [0.5, 0.6) is 0 Å². The normalized spacial score (nSPS) is 19.6. The number of methoxy groups -OCH3 is 1. The molecule has 0 spiro atoms. The number of hydrogen-bond acceptors (Lipinski definition) is 5. The van der Waals surface area contributed by atoms with Crippen molar-refractivity contribution in [3.05, 3.63) is 24.3 Å². The molecule has 146 valence electrons. The van der Waals surface area contributed by atoms with E-state index >= 15 is 0 Å². The monoisotopic (exact) mass is 373 g/mol. The van der Waals surface area contributed by atoms with Gasteiger partial charge in [-0.05, 0) is 31.4 Å². The van der Waals surface area contributed by atoms with Crippen molar-refractivity contribution in [3.8, 4) is 0 Å². The number of ether oxygens (including phenoxy) is 2. The van der Waals surface area contributed by atoms with Crippen molar-refractivity contribution in [2.45, 2.75) is 33.2 Å². The van der Waals surface area contributed by atoms with Crippen molar-refractivity contribution in [3.63, 3.8) is 0 Å². The van der Waals surface area contributed by atoms with Gasteiger partial charge < -0.3 is 14.0 Å². The van der Waals surface area contributed by atoms with Crippen LogP contribution in [0.1, 0.15) is 33.2 Å². The van der Waals surface area contributed by atoms with E-state index in [1.54, 1.807) is 18.9 Å². The second-order valence-corrected chi connectivity index (χ2v) is 7.07. The molecule has 0 saturated heterocycles. The van der Waals surface area contributed by atoms with Gasteiger partial charge in [0.15, 0.2) is 5.92 Å². The fourth-order valence-corrected chi connectivity index (χ4v) is 3.81. The van der Waals surface area contributed by atoms with Crippen LogP contribution in [0.15, 0.2) is 24.3 Å². The molecule has 1 aromatic heterocycles. The molecule has 1 aliphatic heterocycles. The molecule has 0 aliphatic carbocycles. The summed E-state index contributed by atoms with van der Waals surface area (Å²) in [6, 6.07) is 7.44. The highest BCUT2D eigenvalue weighted by Gasteiger charge is 2.47. The summed E-state index contributed by atoms with van der Waals surface area (Å²) < 4.78 is 12.4. The molecule has 0 bridgehead atoms. The van der Waals surface area contributed by atoms with Gasteiger partial charge in [-0.2, -0.15) is 0 Å². The van der Waals surface area contributed by atoms with Crippen molar-refractivity contribution < 1.29 is 19.1 Å². The van der Waals surface area contributed by atoms with E-state index in [1.807, 2.05) is 42.7 Å². The number of esters is 1. The number of amides is 1. The average molecular weight is 373 g/mol. The van der Waals surface area contributed by atoms with Crippen LogP contribution in [-0.4, -0.2) is 48.3 Å². The number of para-hydroxylation sites is 2. The largest absolute Gasteiger partial charge is 0.465 e. The van der Waals surface area contributed by atoms with E-state index in [-0.39, 0.29) is 24.5 Å². The van der Waals surface area contributed by atoms with Crippen molar-refractivity contribution in [2.75, 3.05) is 31.8 Å². The van der Waals surface area contributed by atoms with Crippen LogP contribution in [0.4, 0.5) is 5.95 Å². The number of rotatable bonds is 7. The minimum Gasteiger partial charge on any atom is -0.465 e. The Hall–Kier alpha value is -2.41. The lowest BCUT2D eigenvalue weighted by atomic mass is 9.87. The number of benzene rings is 1.